The molecule has 0 bridgehead atoms. The van der Waals surface area contributed by atoms with Crippen LogP contribution in [0.15, 0.2) is 12.7 Å². The summed E-state index contributed by atoms with van der Waals surface area (Å²) in [4.78, 5) is 22.7. The third-order valence-electron chi connectivity index (χ3n) is 2.56. The normalized spacial score (nSPS) is 12.8. The van der Waals surface area contributed by atoms with Crippen molar-refractivity contribution in [3.8, 4) is 0 Å². The fraction of sp³-hybridized carbons (Fsp3) is 0.667. The molecule has 1 unspecified atom stereocenters. The van der Waals surface area contributed by atoms with Gasteiger partial charge in [-0.3, -0.25) is 4.79 Å². The molecule has 0 amide bonds. The second kappa shape index (κ2) is 6.30. The third kappa shape index (κ3) is 4.04. The van der Waals surface area contributed by atoms with Crippen LogP contribution in [-0.4, -0.2) is 18.7 Å². The van der Waals surface area contributed by atoms with E-state index >= 15 is 0 Å². The topological polar surface area (TPSA) is 52.6 Å². The second-order valence-corrected chi connectivity index (χ2v) is 4.09. The number of hydrogen-bond acceptors (Lipinski definition) is 4. The van der Waals surface area contributed by atoms with Crippen LogP contribution >= 0.6 is 0 Å². The lowest BCUT2D eigenvalue weighted by molar-refractivity contribution is -0.147. The highest BCUT2D eigenvalue weighted by molar-refractivity contribution is 5.84. The molecule has 0 heterocycles. The smallest absolute Gasteiger partial charge is 0.434 e. The molecule has 1 atom stereocenters. The zero-order valence-electron chi connectivity index (χ0n) is 10.4. The summed E-state index contributed by atoms with van der Waals surface area (Å²) in [6.07, 6.45) is 1.33. The lowest BCUT2D eigenvalue weighted by Gasteiger charge is -2.27. The van der Waals surface area contributed by atoms with E-state index in [2.05, 4.69) is 16.1 Å². The first kappa shape index (κ1) is 14.7. The Kier molecular flexibility index (Phi) is 5.78. The molecule has 0 aromatic heterocycles. The van der Waals surface area contributed by atoms with Crippen LogP contribution in [0.3, 0.4) is 0 Å². The maximum atomic E-state index is 11.7. The molecule has 4 nitrogen and oxygen atoms in total. The minimum absolute atomic E-state index is 0.188. The predicted octanol–water partition coefficient (Wildman–Crippen LogP) is 2.92. The molecule has 0 aromatic rings. The van der Waals surface area contributed by atoms with Crippen molar-refractivity contribution in [2.75, 3.05) is 6.61 Å². The van der Waals surface area contributed by atoms with Gasteiger partial charge < -0.3 is 9.47 Å². The van der Waals surface area contributed by atoms with Crippen molar-refractivity contribution in [2.24, 2.45) is 11.3 Å². The van der Waals surface area contributed by atoms with Crippen molar-refractivity contribution in [3.63, 3.8) is 0 Å². The summed E-state index contributed by atoms with van der Waals surface area (Å²) in [6, 6.07) is 0. The van der Waals surface area contributed by atoms with Crippen LogP contribution in [0, 0.1) is 11.3 Å². The van der Waals surface area contributed by atoms with Crippen molar-refractivity contribution in [1.29, 1.82) is 0 Å². The highest BCUT2D eigenvalue weighted by Crippen LogP contribution is 2.31. The minimum Gasteiger partial charge on any atom is -0.434 e. The lowest BCUT2D eigenvalue weighted by Crippen LogP contribution is -2.32. The van der Waals surface area contributed by atoms with Gasteiger partial charge in [0.2, 0.25) is 0 Å². The van der Waals surface area contributed by atoms with E-state index < -0.39 is 23.5 Å². The van der Waals surface area contributed by atoms with Crippen molar-refractivity contribution < 1.29 is 19.1 Å². The van der Waals surface area contributed by atoms with E-state index in [1.54, 1.807) is 13.0 Å². The maximum Gasteiger partial charge on any atom is 0.516 e. The van der Waals surface area contributed by atoms with E-state index in [-0.39, 0.29) is 6.61 Å². The molecule has 0 fully saturated rings. The molecule has 0 saturated carbocycles. The van der Waals surface area contributed by atoms with Gasteiger partial charge in [-0.15, -0.1) is 6.58 Å². The average molecular weight is 228 g/mol. The van der Waals surface area contributed by atoms with Gasteiger partial charge in [0.05, 0.1) is 12.5 Å². The number of rotatable bonds is 5. The first-order valence-electron chi connectivity index (χ1n) is 5.41. The molecule has 92 valence electrons. The Labute approximate surface area is 96.6 Å². The van der Waals surface area contributed by atoms with Gasteiger partial charge in [0.25, 0.3) is 0 Å². The molecule has 0 aromatic carbocycles. The summed E-state index contributed by atoms with van der Waals surface area (Å²) in [7, 11) is 0. The monoisotopic (exact) mass is 228 g/mol. The predicted molar refractivity (Wildman–Crippen MR) is 60.9 cm³/mol. The second-order valence-electron chi connectivity index (χ2n) is 4.09. The summed E-state index contributed by atoms with van der Waals surface area (Å²) in [5, 5.41) is 0. The van der Waals surface area contributed by atoms with Gasteiger partial charge in [0.1, 0.15) is 0 Å². The Morgan fingerprint density at radius 2 is 1.94 bits per heavy atom. The van der Waals surface area contributed by atoms with Gasteiger partial charge in [-0.25, -0.2) is 4.79 Å². The Balaban J connectivity index is 4.55. The van der Waals surface area contributed by atoms with E-state index in [0.717, 1.165) is 0 Å². The van der Waals surface area contributed by atoms with Crippen LogP contribution < -0.4 is 0 Å². The van der Waals surface area contributed by atoms with Gasteiger partial charge >= 0.3 is 12.1 Å². The Bertz CT molecular complexity index is 268. The summed E-state index contributed by atoms with van der Waals surface area (Å²) >= 11 is 0. The molecular formula is C12H20O4. The lowest BCUT2D eigenvalue weighted by atomic mass is 9.77. The zero-order valence-corrected chi connectivity index (χ0v) is 10.4. The third-order valence-corrected chi connectivity index (χ3v) is 2.56. The van der Waals surface area contributed by atoms with Crippen LogP contribution in [-0.2, 0) is 14.3 Å². The molecule has 0 aliphatic rings. The first-order valence-corrected chi connectivity index (χ1v) is 5.41. The van der Waals surface area contributed by atoms with E-state index in [4.69, 9.17) is 0 Å². The van der Waals surface area contributed by atoms with E-state index in [0.29, 0.717) is 6.42 Å². The number of hydrogen-bond donors (Lipinski definition) is 0. The molecule has 0 aliphatic carbocycles. The Morgan fingerprint density at radius 1 is 1.38 bits per heavy atom. The van der Waals surface area contributed by atoms with E-state index in [1.165, 1.54) is 0 Å². The van der Waals surface area contributed by atoms with Crippen LogP contribution in [0.2, 0.25) is 0 Å². The van der Waals surface area contributed by atoms with Crippen LogP contribution in [0.5, 0.6) is 0 Å². The van der Waals surface area contributed by atoms with Gasteiger partial charge in [-0.05, 0) is 18.8 Å². The molecule has 4 heteroatoms. The zero-order chi connectivity index (χ0) is 12.8. The Hall–Kier alpha value is -1.32. The van der Waals surface area contributed by atoms with Crippen molar-refractivity contribution in [2.45, 2.75) is 34.1 Å². The van der Waals surface area contributed by atoms with Gasteiger partial charge in [0, 0.05) is 0 Å². The molecular weight excluding hydrogens is 208 g/mol. The quantitative estimate of drug-likeness (QED) is 0.412. The number of ether oxygens (including phenoxy) is 2. The largest absolute Gasteiger partial charge is 0.516 e. The van der Waals surface area contributed by atoms with Crippen LogP contribution in [0.1, 0.15) is 34.1 Å². The first-order chi connectivity index (χ1) is 7.38. The molecule has 0 rings (SSSR count). The fourth-order valence-corrected chi connectivity index (χ4v) is 1.44. The summed E-state index contributed by atoms with van der Waals surface area (Å²) < 4.78 is 9.13. The van der Waals surface area contributed by atoms with Gasteiger partial charge in [-0.2, -0.15) is 0 Å². The Morgan fingerprint density at radius 3 is 2.31 bits per heavy atom. The van der Waals surface area contributed by atoms with E-state index in [1.807, 2.05) is 20.8 Å². The molecule has 0 N–H and O–H groups in total. The highest BCUT2D eigenvalue weighted by atomic mass is 16.7. The summed E-state index contributed by atoms with van der Waals surface area (Å²) in [6.45, 7) is 11.1. The summed E-state index contributed by atoms with van der Waals surface area (Å²) in [5.74, 6) is -0.958. The molecule has 0 aliphatic heterocycles. The number of carbonyl (C=O) groups excluding carboxylic acids is 2. The molecule has 0 saturated heterocycles. The molecule has 16 heavy (non-hydrogen) atoms. The highest BCUT2D eigenvalue weighted by Gasteiger charge is 2.34. The van der Waals surface area contributed by atoms with Gasteiger partial charge in [0.15, 0.2) is 0 Å². The molecule has 0 radical (unpaired) electrons. The van der Waals surface area contributed by atoms with Crippen molar-refractivity contribution >= 4 is 12.1 Å². The minimum atomic E-state index is -0.939. The van der Waals surface area contributed by atoms with Crippen molar-refractivity contribution in [3.05, 3.63) is 12.7 Å². The average Bonchev–Trinajstić information content (AvgIpc) is 2.18. The maximum absolute atomic E-state index is 11.7. The number of esters is 1. The number of carbonyl (C=O) groups is 2. The van der Waals surface area contributed by atoms with Crippen LogP contribution in [0.4, 0.5) is 4.79 Å². The fourth-order valence-electron chi connectivity index (χ4n) is 1.44. The van der Waals surface area contributed by atoms with Crippen LogP contribution in [0.25, 0.3) is 0 Å². The van der Waals surface area contributed by atoms with Gasteiger partial charge in [-0.1, -0.05) is 26.8 Å². The van der Waals surface area contributed by atoms with E-state index in [9.17, 15) is 9.59 Å². The van der Waals surface area contributed by atoms with Crippen molar-refractivity contribution in [1.82, 2.24) is 0 Å². The SMILES string of the molecule is C=CC(C)(C)C(CC)C(=O)OC(=O)OCC. The standard InChI is InChI=1S/C12H20O4/c1-6-9(12(4,5)7-2)10(13)16-11(14)15-8-3/h7,9H,2,6,8H2,1,3-5H3. The summed E-state index contributed by atoms with van der Waals surface area (Å²) in [5.41, 5.74) is -0.404. The molecule has 0 spiro atoms. The number of allylic oxidation sites excluding steroid dienone is 1.